The third kappa shape index (κ3) is 4.52. The van der Waals surface area contributed by atoms with Crippen molar-refractivity contribution in [2.45, 2.75) is 52.5 Å². The number of amides is 2. The van der Waals surface area contributed by atoms with Crippen molar-refractivity contribution < 1.29 is 23.1 Å². The fraction of sp³-hybridized carbons (Fsp3) is 0.545. The molecule has 3 heterocycles. The van der Waals surface area contributed by atoms with Gasteiger partial charge in [-0.25, -0.2) is 4.98 Å². The number of hydrogen-bond acceptors (Lipinski definition) is 6. The van der Waals surface area contributed by atoms with Crippen molar-refractivity contribution in [3.8, 4) is 0 Å². The minimum Gasteiger partial charge on any atom is -0.381 e. The van der Waals surface area contributed by atoms with Gasteiger partial charge >= 0.3 is 0 Å². The zero-order valence-electron chi connectivity index (χ0n) is 18.3. The van der Waals surface area contributed by atoms with Crippen LogP contribution in [0, 0.1) is 30.2 Å². The lowest BCUT2D eigenvalue weighted by Crippen LogP contribution is -2.52. The number of ether oxygens (including phenoxy) is 1. The smallest absolute Gasteiger partial charge is 0.271 e. The first-order chi connectivity index (χ1) is 15.2. The molecule has 0 radical (unpaired) electrons. The van der Waals surface area contributed by atoms with Crippen LogP contribution in [0.1, 0.15) is 54.9 Å². The number of aryl methyl sites for hydroxylation is 1. The van der Waals surface area contributed by atoms with Gasteiger partial charge in [0.2, 0.25) is 17.8 Å². The van der Waals surface area contributed by atoms with Gasteiger partial charge in [0.25, 0.3) is 5.91 Å². The van der Waals surface area contributed by atoms with Crippen LogP contribution in [0.15, 0.2) is 12.1 Å². The van der Waals surface area contributed by atoms with Gasteiger partial charge < -0.3 is 10.1 Å². The topological polar surface area (TPSA) is 84.4 Å². The summed E-state index contributed by atoms with van der Waals surface area (Å²) in [5.41, 5.74) is 0.235. The number of pyridine rings is 1. The van der Waals surface area contributed by atoms with Gasteiger partial charge in [0.15, 0.2) is 5.13 Å². The molecule has 1 N–H and O–H groups in total. The summed E-state index contributed by atoms with van der Waals surface area (Å²) in [6.07, 6.45) is 2.93. The van der Waals surface area contributed by atoms with Crippen LogP contribution < -0.4 is 10.2 Å². The van der Waals surface area contributed by atoms with Crippen LogP contribution in [0.5, 0.6) is 0 Å². The standard InChI is InChI=1S/C22H26F2N4O3S/c1-12-18(19(29)25-15-4-7-22(15,2)3)27-21(32-12)28(14-10-16(23)26-17(24)11-14)20(30)13-5-8-31-9-6-13/h10-11,13,15H,4-9H2,1-3H3,(H,25,29)/t15-/m0/s1. The molecule has 10 heteroatoms. The number of carbonyl (C=O) groups excluding carboxylic acids is 2. The van der Waals surface area contributed by atoms with Crippen molar-refractivity contribution >= 4 is 34.0 Å². The second kappa shape index (κ2) is 8.82. The molecule has 2 amide bonds. The first-order valence-corrected chi connectivity index (χ1v) is 11.5. The number of carbonyl (C=O) groups is 2. The van der Waals surface area contributed by atoms with Gasteiger partial charge in [-0.15, -0.1) is 11.3 Å². The Morgan fingerprint density at radius 1 is 1.16 bits per heavy atom. The van der Waals surface area contributed by atoms with Gasteiger partial charge in [-0.05, 0) is 38.0 Å². The lowest BCUT2D eigenvalue weighted by Gasteiger charge is -2.44. The molecule has 1 saturated carbocycles. The largest absolute Gasteiger partial charge is 0.381 e. The van der Waals surface area contributed by atoms with Crippen LogP contribution >= 0.6 is 11.3 Å². The predicted molar refractivity (Wildman–Crippen MR) is 116 cm³/mol. The fourth-order valence-corrected chi connectivity index (χ4v) is 5.02. The average Bonchev–Trinajstić information content (AvgIpc) is 3.12. The molecule has 7 nitrogen and oxygen atoms in total. The summed E-state index contributed by atoms with van der Waals surface area (Å²) in [5, 5.41) is 3.22. The van der Waals surface area contributed by atoms with Crippen molar-refractivity contribution in [3.05, 3.63) is 34.6 Å². The molecule has 0 aromatic carbocycles. The van der Waals surface area contributed by atoms with Crippen LogP contribution in [0.4, 0.5) is 19.6 Å². The predicted octanol–water partition coefficient (Wildman–Crippen LogP) is 4.13. The van der Waals surface area contributed by atoms with Crippen molar-refractivity contribution in [2.24, 2.45) is 11.3 Å². The summed E-state index contributed by atoms with van der Waals surface area (Å²) < 4.78 is 33.1. The van der Waals surface area contributed by atoms with E-state index >= 15 is 0 Å². The maximum atomic E-state index is 13.9. The molecule has 2 aromatic rings. The van der Waals surface area contributed by atoms with E-state index in [-0.39, 0.29) is 45.7 Å². The maximum absolute atomic E-state index is 13.9. The Morgan fingerprint density at radius 3 is 2.38 bits per heavy atom. The molecule has 2 aliphatic rings. The number of aromatic nitrogens is 2. The van der Waals surface area contributed by atoms with Gasteiger partial charge in [-0.3, -0.25) is 14.5 Å². The molecule has 0 unspecified atom stereocenters. The van der Waals surface area contributed by atoms with Gasteiger partial charge in [0.1, 0.15) is 5.69 Å². The second-order valence-electron chi connectivity index (χ2n) is 8.99. The second-order valence-corrected chi connectivity index (χ2v) is 10.2. The monoisotopic (exact) mass is 464 g/mol. The summed E-state index contributed by atoms with van der Waals surface area (Å²) >= 11 is 1.14. The third-order valence-electron chi connectivity index (χ3n) is 6.31. The molecule has 1 atom stereocenters. The first kappa shape index (κ1) is 22.7. The van der Waals surface area contributed by atoms with E-state index in [2.05, 4.69) is 29.1 Å². The zero-order valence-corrected chi connectivity index (χ0v) is 19.1. The molecule has 1 saturated heterocycles. The number of nitrogens with zero attached hydrogens (tertiary/aromatic N) is 3. The number of rotatable bonds is 5. The van der Waals surface area contributed by atoms with E-state index in [0.717, 1.165) is 36.3 Å². The van der Waals surface area contributed by atoms with Gasteiger partial charge in [0, 0.05) is 42.2 Å². The van der Waals surface area contributed by atoms with E-state index < -0.39 is 11.9 Å². The highest BCUT2D eigenvalue weighted by Crippen LogP contribution is 2.40. The van der Waals surface area contributed by atoms with Crippen molar-refractivity contribution in [1.29, 1.82) is 0 Å². The van der Waals surface area contributed by atoms with E-state index in [9.17, 15) is 18.4 Å². The van der Waals surface area contributed by atoms with E-state index in [1.54, 1.807) is 6.92 Å². The first-order valence-electron chi connectivity index (χ1n) is 10.7. The highest BCUT2D eigenvalue weighted by Gasteiger charge is 2.40. The molecule has 32 heavy (non-hydrogen) atoms. The van der Waals surface area contributed by atoms with Crippen LogP contribution in [0.2, 0.25) is 0 Å². The Bertz CT molecular complexity index is 1020. The van der Waals surface area contributed by atoms with E-state index in [1.807, 2.05) is 0 Å². The quantitative estimate of drug-likeness (QED) is 0.673. The van der Waals surface area contributed by atoms with E-state index in [1.165, 1.54) is 4.90 Å². The highest BCUT2D eigenvalue weighted by atomic mass is 32.1. The van der Waals surface area contributed by atoms with Crippen molar-refractivity contribution in [1.82, 2.24) is 15.3 Å². The SMILES string of the molecule is Cc1sc(N(C(=O)C2CCOCC2)c2cc(F)nc(F)c2)nc1C(=O)N[C@H]1CCC1(C)C. The highest BCUT2D eigenvalue weighted by molar-refractivity contribution is 7.16. The van der Waals surface area contributed by atoms with E-state index in [0.29, 0.717) is 30.9 Å². The fourth-order valence-electron chi connectivity index (χ4n) is 4.09. The molecule has 0 spiro atoms. The lowest BCUT2D eigenvalue weighted by atomic mass is 9.67. The maximum Gasteiger partial charge on any atom is 0.271 e. The summed E-state index contributed by atoms with van der Waals surface area (Å²) in [6, 6.07) is 2.05. The number of halogens is 2. The Balaban J connectivity index is 1.67. The summed E-state index contributed by atoms with van der Waals surface area (Å²) in [6.45, 7) is 6.81. The lowest BCUT2D eigenvalue weighted by molar-refractivity contribution is -0.124. The minimum atomic E-state index is -1.04. The van der Waals surface area contributed by atoms with Crippen LogP contribution in [-0.4, -0.2) is 41.0 Å². The van der Waals surface area contributed by atoms with Gasteiger partial charge in [-0.2, -0.15) is 13.8 Å². The molecule has 172 valence electrons. The van der Waals surface area contributed by atoms with Crippen LogP contribution in [0.25, 0.3) is 0 Å². The Kier molecular flexibility index (Phi) is 6.26. The summed E-state index contributed by atoms with van der Waals surface area (Å²) in [7, 11) is 0. The van der Waals surface area contributed by atoms with Crippen molar-refractivity contribution in [3.63, 3.8) is 0 Å². The molecule has 0 bridgehead atoms. The Labute approximate surface area is 189 Å². The molecule has 2 fully saturated rings. The van der Waals surface area contributed by atoms with Crippen molar-refractivity contribution in [2.75, 3.05) is 18.1 Å². The Hall–Kier alpha value is -2.46. The molecular weight excluding hydrogens is 438 g/mol. The number of nitrogens with one attached hydrogen (secondary N) is 1. The average molecular weight is 465 g/mol. The van der Waals surface area contributed by atoms with Gasteiger partial charge in [0.05, 0.1) is 5.69 Å². The zero-order chi connectivity index (χ0) is 23.0. The molecule has 2 aromatic heterocycles. The molecule has 1 aliphatic carbocycles. The molecule has 1 aliphatic heterocycles. The van der Waals surface area contributed by atoms with Gasteiger partial charge in [-0.1, -0.05) is 13.8 Å². The van der Waals surface area contributed by atoms with E-state index in [4.69, 9.17) is 4.74 Å². The Morgan fingerprint density at radius 2 is 1.81 bits per heavy atom. The summed E-state index contributed by atoms with van der Waals surface area (Å²) in [5.74, 6) is -3.10. The normalized spacial score (nSPS) is 20.5. The van der Waals surface area contributed by atoms with Crippen LogP contribution in [-0.2, 0) is 9.53 Å². The third-order valence-corrected chi connectivity index (χ3v) is 7.27. The minimum absolute atomic E-state index is 0.00711. The number of thiazole rings is 1. The number of hydrogen-bond donors (Lipinski definition) is 1. The molecule has 4 rings (SSSR count). The molecular formula is C22H26F2N4O3S. The number of anilines is 2. The summed E-state index contributed by atoms with van der Waals surface area (Å²) in [4.78, 5) is 35.7. The van der Waals surface area contributed by atoms with Crippen LogP contribution in [0.3, 0.4) is 0 Å².